The van der Waals surface area contributed by atoms with Crippen LogP contribution in [0, 0.1) is 6.92 Å². The van der Waals surface area contributed by atoms with Crippen LogP contribution in [0.1, 0.15) is 22.5 Å². The number of benzene rings is 2. The molecule has 0 saturated heterocycles. The lowest BCUT2D eigenvalue weighted by atomic mass is 10.1. The number of anilines is 1. The lowest BCUT2D eigenvalue weighted by Gasteiger charge is -2.10. The van der Waals surface area contributed by atoms with Crippen molar-refractivity contribution in [3.8, 4) is 17.2 Å². The fraction of sp³-hybridized carbons (Fsp3) is 0.273. The molecular formula is C22H21NO7. The van der Waals surface area contributed by atoms with E-state index in [1.807, 2.05) is 0 Å². The second-order valence-electron chi connectivity index (χ2n) is 6.75. The number of esters is 1. The molecule has 0 atom stereocenters. The zero-order chi connectivity index (χ0) is 21.1. The first-order valence-corrected chi connectivity index (χ1v) is 9.49. The molecule has 0 unspecified atom stereocenters. The van der Waals surface area contributed by atoms with Gasteiger partial charge in [-0.2, -0.15) is 0 Å². The number of aryl methyl sites for hydroxylation is 1. The minimum Gasteiger partial charge on any atom is -0.497 e. The number of nitrogens with one attached hydrogen (secondary N) is 1. The zero-order valence-corrected chi connectivity index (χ0v) is 16.7. The largest absolute Gasteiger partial charge is 0.497 e. The van der Waals surface area contributed by atoms with Crippen LogP contribution in [0.2, 0.25) is 0 Å². The molecule has 3 aromatic rings. The summed E-state index contributed by atoms with van der Waals surface area (Å²) in [7, 11) is 1.56. The highest BCUT2D eigenvalue weighted by Crippen LogP contribution is 2.32. The SMILES string of the molecule is COc1ccc2oc(C(=O)OCC(=O)Nc3ccc4c(c3)OCCCO4)c(C)c2c1. The molecule has 1 aromatic heterocycles. The number of fused-ring (bicyclic) bond motifs is 2. The number of rotatable bonds is 5. The van der Waals surface area contributed by atoms with Gasteiger partial charge in [-0.15, -0.1) is 0 Å². The van der Waals surface area contributed by atoms with E-state index in [1.165, 1.54) is 0 Å². The van der Waals surface area contributed by atoms with E-state index in [-0.39, 0.29) is 5.76 Å². The molecule has 0 fully saturated rings. The van der Waals surface area contributed by atoms with Gasteiger partial charge in [0.1, 0.15) is 11.3 Å². The zero-order valence-electron chi connectivity index (χ0n) is 16.7. The molecule has 8 heteroatoms. The average Bonchev–Trinajstić information content (AvgIpc) is 2.92. The van der Waals surface area contributed by atoms with Gasteiger partial charge < -0.3 is 28.7 Å². The summed E-state index contributed by atoms with van der Waals surface area (Å²) in [6, 6.07) is 10.3. The Morgan fingerprint density at radius 2 is 1.87 bits per heavy atom. The Labute approximate surface area is 172 Å². The molecule has 1 N–H and O–H groups in total. The van der Waals surface area contributed by atoms with Gasteiger partial charge in [0, 0.05) is 29.1 Å². The molecule has 156 valence electrons. The van der Waals surface area contributed by atoms with Gasteiger partial charge in [0.05, 0.1) is 20.3 Å². The number of ether oxygens (including phenoxy) is 4. The highest BCUT2D eigenvalue weighted by Gasteiger charge is 2.21. The van der Waals surface area contributed by atoms with Crippen molar-refractivity contribution in [3.63, 3.8) is 0 Å². The van der Waals surface area contributed by atoms with Gasteiger partial charge in [0.25, 0.3) is 5.91 Å². The molecule has 0 radical (unpaired) electrons. The Morgan fingerprint density at radius 3 is 2.67 bits per heavy atom. The summed E-state index contributed by atoms with van der Waals surface area (Å²) in [6.45, 7) is 2.43. The highest BCUT2D eigenvalue weighted by atomic mass is 16.5. The van der Waals surface area contributed by atoms with E-state index in [4.69, 9.17) is 23.4 Å². The molecular weight excluding hydrogens is 390 g/mol. The van der Waals surface area contributed by atoms with Crippen molar-refractivity contribution >= 4 is 28.5 Å². The normalized spacial score (nSPS) is 12.9. The van der Waals surface area contributed by atoms with Crippen LogP contribution in [0.15, 0.2) is 40.8 Å². The maximum absolute atomic E-state index is 12.4. The van der Waals surface area contributed by atoms with Crippen molar-refractivity contribution in [2.24, 2.45) is 0 Å². The fourth-order valence-electron chi connectivity index (χ4n) is 3.16. The van der Waals surface area contributed by atoms with E-state index in [0.717, 1.165) is 11.8 Å². The minimum atomic E-state index is -0.712. The Balaban J connectivity index is 1.39. The highest BCUT2D eigenvalue weighted by molar-refractivity contribution is 5.98. The van der Waals surface area contributed by atoms with Gasteiger partial charge in [-0.1, -0.05) is 0 Å². The Morgan fingerprint density at radius 1 is 1.07 bits per heavy atom. The predicted octanol–water partition coefficient (Wildman–Crippen LogP) is 3.71. The van der Waals surface area contributed by atoms with E-state index in [1.54, 1.807) is 50.4 Å². The number of furan rings is 1. The third-order valence-electron chi connectivity index (χ3n) is 4.69. The molecule has 0 spiro atoms. The number of hydrogen-bond donors (Lipinski definition) is 1. The first kappa shape index (κ1) is 19.6. The number of methoxy groups -OCH3 is 1. The molecule has 2 heterocycles. The second-order valence-corrected chi connectivity index (χ2v) is 6.75. The van der Waals surface area contributed by atoms with Crippen LogP contribution < -0.4 is 19.5 Å². The molecule has 1 aliphatic rings. The summed E-state index contributed by atoms with van der Waals surface area (Å²) in [6.07, 6.45) is 0.792. The molecule has 1 aliphatic heterocycles. The van der Waals surface area contributed by atoms with Crippen molar-refractivity contribution < 1.29 is 33.0 Å². The Hall–Kier alpha value is -3.68. The predicted molar refractivity (Wildman–Crippen MR) is 108 cm³/mol. The molecule has 1 amide bonds. The lowest BCUT2D eigenvalue weighted by molar-refractivity contribution is -0.119. The third kappa shape index (κ3) is 4.03. The number of amides is 1. The van der Waals surface area contributed by atoms with E-state index in [2.05, 4.69) is 5.32 Å². The Bertz CT molecular complexity index is 1100. The van der Waals surface area contributed by atoms with Crippen LogP contribution >= 0.6 is 0 Å². The smallest absolute Gasteiger partial charge is 0.375 e. The number of carbonyl (C=O) groups is 2. The van der Waals surface area contributed by atoms with Crippen molar-refractivity contribution in [2.75, 3.05) is 32.2 Å². The summed E-state index contributed by atoms with van der Waals surface area (Å²) in [5, 5.41) is 3.42. The van der Waals surface area contributed by atoms with Crippen molar-refractivity contribution in [1.82, 2.24) is 0 Å². The molecule has 4 rings (SSSR count). The third-order valence-corrected chi connectivity index (χ3v) is 4.69. The maximum Gasteiger partial charge on any atom is 0.375 e. The van der Waals surface area contributed by atoms with E-state index >= 15 is 0 Å². The van der Waals surface area contributed by atoms with Crippen molar-refractivity contribution in [1.29, 1.82) is 0 Å². The van der Waals surface area contributed by atoms with Gasteiger partial charge in [-0.25, -0.2) is 4.79 Å². The monoisotopic (exact) mass is 411 g/mol. The first-order valence-electron chi connectivity index (χ1n) is 9.49. The summed E-state index contributed by atoms with van der Waals surface area (Å²) in [5.41, 5.74) is 1.68. The quantitative estimate of drug-likeness (QED) is 0.640. The van der Waals surface area contributed by atoms with Crippen LogP contribution in [0.3, 0.4) is 0 Å². The average molecular weight is 411 g/mol. The molecule has 0 aliphatic carbocycles. The molecule has 30 heavy (non-hydrogen) atoms. The van der Waals surface area contributed by atoms with Crippen LogP contribution in [0.4, 0.5) is 5.69 Å². The Kier molecular flexibility index (Phi) is 5.47. The fourth-order valence-corrected chi connectivity index (χ4v) is 3.16. The van der Waals surface area contributed by atoms with Gasteiger partial charge in [0.15, 0.2) is 18.1 Å². The molecule has 8 nitrogen and oxygen atoms in total. The van der Waals surface area contributed by atoms with Gasteiger partial charge in [-0.05, 0) is 37.3 Å². The summed E-state index contributed by atoms with van der Waals surface area (Å²) in [5.74, 6) is 0.719. The summed E-state index contributed by atoms with van der Waals surface area (Å²) in [4.78, 5) is 24.6. The molecule has 0 bridgehead atoms. The standard InChI is InChI=1S/C22H21NO7/c1-13-16-11-15(26-2)5-7-17(16)30-21(13)22(25)29-12-20(24)23-14-4-6-18-19(10-14)28-9-3-8-27-18/h4-7,10-11H,3,8-9,12H2,1-2H3,(H,23,24). The van der Waals surface area contributed by atoms with Crippen LogP contribution in [-0.4, -0.2) is 38.8 Å². The minimum absolute atomic E-state index is 0.0571. The van der Waals surface area contributed by atoms with Crippen LogP contribution in [0.25, 0.3) is 11.0 Å². The van der Waals surface area contributed by atoms with Crippen LogP contribution in [0.5, 0.6) is 17.2 Å². The number of hydrogen-bond acceptors (Lipinski definition) is 7. The van der Waals surface area contributed by atoms with E-state index in [9.17, 15) is 9.59 Å². The number of carbonyl (C=O) groups excluding carboxylic acids is 2. The van der Waals surface area contributed by atoms with Gasteiger partial charge >= 0.3 is 5.97 Å². The van der Waals surface area contributed by atoms with Crippen LogP contribution in [-0.2, 0) is 9.53 Å². The first-order chi connectivity index (χ1) is 14.5. The lowest BCUT2D eigenvalue weighted by Crippen LogP contribution is -2.21. The molecule has 2 aromatic carbocycles. The summed E-state index contributed by atoms with van der Waals surface area (Å²) < 4.78 is 27.1. The van der Waals surface area contributed by atoms with E-state index in [0.29, 0.717) is 47.3 Å². The van der Waals surface area contributed by atoms with E-state index < -0.39 is 18.5 Å². The maximum atomic E-state index is 12.4. The topological polar surface area (TPSA) is 96.2 Å². The van der Waals surface area contributed by atoms with Crippen molar-refractivity contribution in [2.45, 2.75) is 13.3 Å². The van der Waals surface area contributed by atoms with Gasteiger partial charge in [0.2, 0.25) is 5.76 Å². The second kappa shape index (κ2) is 8.36. The van der Waals surface area contributed by atoms with Crippen molar-refractivity contribution in [3.05, 3.63) is 47.7 Å². The molecule has 0 saturated carbocycles. The summed E-state index contributed by atoms with van der Waals surface area (Å²) >= 11 is 0. The van der Waals surface area contributed by atoms with Gasteiger partial charge in [-0.3, -0.25) is 4.79 Å².